The number of rotatable bonds is 4. The van der Waals surface area contributed by atoms with E-state index in [4.69, 9.17) is 0 Å². The van der Waals surface area contributed by atoms with Gasteiger partial charge in [-0.25, -0.2) is 0 Å². The van der Waals surface area contributed by atoms with Gasteiger partial charge in [0.2, 0.25) is 0 Å². The smallest absolute Gasteiger partial charge is 0.127 e. The van der Waals surface area contributed by atoms with Crippen LogP contribution in [0.3, 0.4) is 0 Å². The Morgan fingerprint density at radius 3 is 1.36 bits per heavy atom. The molecule has 4 N–H and O–H groups in total. The van der Waals surface area contributed by atoms with Gasteiger partial charge in [-0.15, -0.1) is 0 Å². The second-order valence-corrected chi connectivity index (χ2v) is 4.61. The fourth-order valence-electron chi connectivity index (χ4n) is 2.20. The maximum Gasteiger partial charge on any atom is 0.127 e. The minimum absolute atomic E-state index is 0.191. The Balaban J connectivity index is 2.17. The zero-order valence-electron chi connectivity index (χ0n) is 9.29. The molecule has 0 aromatic heterocycles. The Labute approximate surface area is 86.1 Å². The first-order chi connectivity index (χ1) is 6.58. The fourth-order valence-corrected chi connectivity index (χ4v) is 2.20. The lowest BCUT2D eigenvalue weighted by Crippen LogP contribution is -3.28. The molecule has 4 nitrogen and oxygen atoms in total. The van der Waals surface area contributed by atoms with Gasteiger partial charge in [0.15, 0.2) is 0 Å². The van der Waals surface area contributed by atoms with Crippen LogP contribution in [0.1, 0.15) is 13.8 Å². The summed E-state index contributed by atoms with van der Waals surface area (Å²) < 4.78 is 0. The first-order valence-corrected chi connectivity index (χ1v) is 5.61. The van der Waals surface area contributed by atoms with E-state index >= 15 is 0 Å². The van der Waals surface area contributed by atoms with Crippen LogP contribution in [0.2, 0.25) is 0 Å². The molecule has 1 heterocycles. The molecule has 0 unspecified atom stereocenters. The monoisotopic (exact) mass is 204 g/mol. The molecule has 0 saturated carbocycles. The molecule has 84 valence electrons. The molecular weight excluding hydrogens is 180 g/mol. The highest BCUT2D eigenvalue weighted by molar-refractivity contribution is 4.46. The summed E-state index contributed by atoms with van der Waals surface area (Å²) in [5, 5.41) is 18.5. The van der Waals surface area contributed by atoms with Crippen molar-refractivity contribution in [3.63, 3.8) is 0 Å². The van der Waals surface area contributed by atoms with Crippen molar-refractivity contribution in [1.82, 2.24) is 0 Å². The standard InChI is InChI=1S/C10H22N2O2/c1-9(13)7-11-3-5-12(6-4-11)8-10(2)14/h9-10,13-14H,3-8H2,1-2H3/p+2/t9-,10+. The number of piperazine rings is 1. The number of hydrogen-bond donors (Lipinski definition) is 4. The molecule has 1 aliphatic rings. The predicted molar refractivity (Wildman–Crippen MR) is 54.5 cm³/mol. The first kappa shape index (κ1) is 11.9. The molecule has 0 aliphatic carbocycles. The van der Waals surface area contributed by atoms with Gasteiger partial charge in [0.1, 0.15) is 51.5 Å². The quantitative estimate of drug-likeness (QED) is 0.385. The van der Waals surface area contributed by atoms with E-state index in [-0.39, 0.29) is 12.2 Å². The van der Waals surface area contributed by atoms with Crippen molar-refractivity contribution < 1.29 is 20.0 Å². The van der Waals surface area contributed by atoms with Crippen LogP contribution in [0.15, 0.2) is 0 Å². The Kier molecular flexibility index (Phi) is 4.81. The summed E-state index contributed by atoms with van der Waals surface area (Å²) in [5.74, 6) is 0. The molecule has 14 heavy (non-hydrogen) atoms. The van der Waals surface area contributed by atoms with Crippen LogP contribution in [0, 0.1) is 0 Å². The molecule has 0 aromatic carbocycles. The Hall–Kier alpha value is -0.160. The van der Waals surface area contributed by atoms with Crippen LogP contribution in [0.5, 0.6) is 0 Å². The summed E-state index contributed by atoms with van der Waals surface area (Å²) in [6.45, 7) is 9.90. The normalized spacial score (nSPS) is 32.6. The average Bonchev–Trinajstić information content (AvgIpc) is 2.06. The summed E-state index contributed by atoms with van der Waals surface area (Å²) in [7, 11) is 0. The molecule has 4 heteroatoms. The van der Waals surface area contributed by atoms with Gasteiger partial charge in [0.05, 0.1) is 0 Å². The molecule has 1 fully saturated rings. The molecule has 1 saturated heterocycles. The van der Waals surface area contributed by atoms with Crippen molar-refractivity contribution in [2.75, 3.05) is 39.3 Å². The third-order valence-electron chi connectivity index (χ3n) is 2.83. The molecule has 1 rings (SSSR count). The minimum atomic E-state index is -0.191. The van der Waals surface area contributed by atoms with Crippen molar-refractivity contribution in [3.05, 3.63) is 0 Å². The second kappa shape index (κ2) is 5.66. The van der Waals surface area contributed by atoms with Crippen LogP contribution in [0.4, 0.5) is 0 Å². The van der Waals surface area contributed by atoms with Crippen molar-refractivity contribution >= 4 is 0 Å². The minimum Gasteiger partial charge on any atom is -0.388 e. The van der Waals surface area contributed by atoms with Gasteiger partial charge in [0, 0.05) is 0 Å². The molecule has 2 atom stereocenters. The van der Waals surface area contributed by atoms with Gasteiger partial charge in [-0.2, -0.15) is 0 Å². The van der Waals surface area contributed by atoms with Crippen LogP contribution in [-0.2, 0) is 0 Å². The highest BCUT2D eigenvalue weighted by Gasteiger charge is 2.24. The van der Waals surface area contributed by atoms with Crippen LogP contribution in [0.25, 0.3) is 0 Å². The summed E-state index contributed by atoms with van der Waals surface area (Å²) in [4.78, 5) is 2.99. The number of nitrogens with one attached hydrogen (secondary N) is 2. The molecule has 0 bridgehead atoms. The molecular formula is C10H24N2O2+2. The zero-order valence-corrected chi connectivity index (χ0v) is 9.29. The Morgan fingerprint density at radius 2 is 1.14 bits per heavy atom. The van der Waals surface area contributed by atoms with E-state index in [0.29, 0.717) is 0 Å². The van der Waals surface area contributed by atoms with E-state index in [1.165, 1.54) is 9.80 Å². The third kappa shape index (κ3) is 4.37. The highest BCUT2D eigenvalue weighted by atomic mass is 16.3. The van der Waals surface area contributed by atoms with Gasteiger partial charge in [-0.1, -0.05) is 0 Å². The predicted octanol–water partition coefficient (Wildman–Crippen LogP) is -3.47. The summed E-state index contributed by atoms with van der Waals surface area (Å²) in [6, 6.07) is 0. The van der Waals surface area contributed by atoms with Crippen LogP contribution < -0.4 is 9.80 Å². The molecule has 0 spiro atoms. The molecule has 0 radical (unpaired) electrons. The van der Waals surface area contributed by atoms with Crippen molar-refractivity contribution in [2.45, 2.75) is 26.1 Å². The van der Waals surface area contributed by atoms with Gasteiger partial charge < -0.3 is 20.0 Å². The Morgan fingerprint density at radius 1 is 0.857 bits per heavy atom. The van der Waals surface area contributed by atoms with Crippen molar-refractivity contribution in [3.8, 4) is 0 Å². The fraction of sp³-hybridized carbons (Fsp3) is 1.00. The van der Waals surface area contributed by atoms with Gasteiger partial charge in [0.25, 0.3) is 0 Å². The largest absolute Gasteiger partial charge is 0.388 e. The maximum atomic E-state index is 9.25. The Bertz CT molecular complexity index is 136. The van der Waals surface area contributed by atoms with E-state index in [1.54, 1.807) is 0 Å². The topological polar surface area (TPSA) is 49.3 Å². The van der Waals surface area contributed by atoms with E-state index in [9.17, 15) is 10.2 Å². The average molecular weight is 204 g/mol. The van der Waals surface area contributed by atoms with Crippen LogP contribution >= 0.6 is 0 Å². The summed E-state index contributed by atoms with van der Waals surface area (Å²) in [5.41, 5.74) is 0. The van der Waals surface area contributed by atoms with E-state index in [2.05, 4.69) is 0 Å². The van der Waals surface area contributed by atoms with Crippen LogP contribution in [-0.4, -0.2) is 61.7 Å². The van der Waals surface area contributed by atoms with Gasteiger partial charge in [-0.3, -0.25) is 0 Å². The highest BCUT2D eigenvalue weighted by Crippen LogP contribution is 1.73. The van der Waals surface area contributed by atoms with E-state index < -0.39 is 0 Å². The molecule has 1 aliphatic heterocycles. The lowest BCUT2D eigenvalue weighted by Gasteiger charge is -2.30. The number of aliphatic hydroxyl groups excluding tert-OH is 2. The van der Waals surface area contributed by atoms with Gasteiger partial charge in [-0.05, 0) is 13.8 Å². The summed E-state index contributed by atoms with van der Waals surface area (Å²) in [6.07, 6.45) is -0.383. The number of aliphatic hydroxyl groups is 2. The van der Waals surface area contributed by atoms with Gasteiger partial charge >= 0.3 is 0 Å². The first-order valence-electron chi connectivity index (χ1n) is 5.61. The summed E-state index contributed by atoms with van der Waals surface area (Å²) >= 11 is 0. The van der Waals surface area contributed by atoms with Crippen molar-refractivity contribution in [2.24, 2.45) is 0 Å². The molecule has 0 amide bonds. The lowest BCUT2D eigenvalue weighted by atomic mass is 10.2. The molecule has 0 aromatic rings. The number of hydrogen-bond acceptors (Lipinski definition) is 2. The number of quaternary nitrogens is 2. The maximum absolute atomic E-state index is 9.25. The van der Waals surface area contributed by atoms with Crippen molar-refractivity contribution in [1.29, 1.82) is 0 Å². The van der Waals surface area contributed by atoms with E-state index in [1.807, 2.05) is 13.8 Å². The SMILES string of the molecule is C[C@H](O)C[NH+]1CC[NH+](C[C@@H](C)O)CC1. The van der Waals surface area contributed by atoms with E-state index in [0.717, 1.165) is 39.3 Å². The zero-order chi connectivity index (χ0) is 10.6. The lowest BCUT2D eigenvalue weighted by molar-refractivity contribution is -1.01. The second-order valence-electron chi connectivity index (χ2n) is 4.61. The third-order valence-corrected chi connectivity index (χ3v) is 2.83.